The maximum absolute atomic E-state index is 5.49. The number of ether oxygens (including phenoxy) is 2. The molecule has 2 aromatic rings. The first-order valence-electron chi connectivity index (χ1n) is 10.4. The first-order valence-corrected chi connectivity index (χ1v) is 10.4. The molecule has 10 nitrogen and oxygen atoms in total. The van der Waals surface area contributed by atoms with Crippen LogP contribution < -0.4 is 14.7 Å². The van der Waals surface area contributed by atoms with E-state index in [0.717, 1.165) is 50.9 Å². The molecule has 3 fully saturated rings. The molecule has 10 heteroatoms. The summed E-state index contributed by atoms with van der Waals surface area (Å²) in [6.45, 7) is 7.81. The number of hydrogen-bond acceptors (Lipinski definition) is 10. The van der Waals surface area contributed by atoms with Crippen LogP contribution in [-0.2, 0) is 9.47 Å². The van der Waals surface area contributed by atoms with Gasteiger partial charge in [-0.2, -0.15) is 15.0 Å². The van der Waals surface area contributed by atoms with Crippen LogP contribution in [0.2, 0.25) is 0 Å². The van der Waals surface area contributed by atoms with Gasteiger partial charge in [-0.1, -0.05) is 0 Å². The minimum absolute atomic E-state index is 0.589. The number of hydrogen-bond donors (Lipinski definition) is 0. The lowest BCUT2D eigenvalue weighted by Crippen LogP contribution is -2.40. The van der Waals surface area contributed by atoms with Gasteiger partial charge in [-0.15, -0.1) is 0 Å². The largest absolute Gasteiger partial charge is 0.378 e. The molecule has 0 unspecified atom stereocenters. The summed E-state index contributed by atoms with van der Waals surface area (Å²) in [6.07, 6.45) is 4.16. The summed E-state index contributed by atoms with van der Waals surface area (Å²) in [6, 6.07) is 1.88. The molecule has 29 heavy (non-hydrogen) atoms. The third kappa shape index (κ3) is 4.08. The molecule has 5 rings (SSSR count). The average Bonchev–Trinajstić information content (AvgIpc) is 3.35. The van der Waals surface area contributed by atoms with Crippen molar-refractivity contribution in [2.75, 3.05) is 80.4 Å². The number of anilines is 3. The first-order chi connectivity index (χ1) is 14.4. The van der Waals surface area contributed by atoms with E-state index in [-0.39, 0.29) is 0 Å². The van der Waals surface area contributed by atoms with Crippen LogP contribution in [0.5, 0.6) is 0 Å². The SMILES string of the molecule is c1cc(-c2nc(N3CCOCC3)nc(N3CCOCC3)n2)nc(N2CCCC2)n1. The van der Waals surface area contributed by atoms with E-state index in [1.54, 1.807) is 6.20 Å². The Hall–Kier alpha value is -2.59. The molecule has 0 amide bonds. The highest BCUT2D eigenvalue weighted by Gasteiger charge is 2.22. The van der Waals surface area contributed by atoms with Gasteiger partial charge in [0.15, 0.2) is 5.82 Å². The molecule has 0 N–H and O–H groups in total. The van der Waals surface area contributed by atoms with Gasteiger partial charge in [0.05, 0.1) is 26.4 Å². The first kappa shape index (κ1) is 18.4. The molecule has 0 radical (unpaired) electrons. The summed E-state index contributed by atoms with van der Waals surface area (Å²) < 4.78 is 11.0. The van der Waals surface area contributed by atoms with E-state index in [2.05, 4.69) is 19.7 Å². The van der Waals surface area contributed by atoms with E-state index in [4.69, 9.17) is 29.4 Å². The normalized spacial score (nSPS) is 20.3. The average molecular weight is 398 g/mol. The van der Waals surface area contributed by atoms with Crippen LogP contribution in [0, 0.1) is 0 Å². The van der Waals surface area contributed by atoms with Crippen molar-refractivity contribution in [3.8, 4) is 11.5 Å². The highest BCUT2D eigenvalue weighted by molar-refractivity contribution is 5.56. The second-order valence-electron chi connectivity index (χ2n) is 7.39. The Bertz CT molecular complexity index is 796. The topological polar surface area (TPSA) is 92.6 Å². The van der Waals surface area contributed by atoms with Crippen LogP contribution in [0.25, 0.3) is 11.5 Å². The third-order valence-corrected chi connectivity index (χ3v) is 5.46. The molecular weight excluding hydrogens is 372 g/mol. The quantitative estimate of drug-likeness (QED) is 0.729. The van der Waals surface area contributed by atoms with E-state index in [9.17, 15) is 0 Å². The van der Waals surface area contributed by atoms with Gasteiger partial charge in [-0.05, 0) is 18.9 Å². The van der Waals surface area contributed by atoms with Crippen molar-refractivity contribution in [1.29, 1.82) is 0 Å². The van der Waals surface area contributed by atoms with Gasteiger partial charge in [-0.3, -0.25) is 0 Å². The smallest absolute Gasteiger partial charge is 0.230 e. The lowest BCUT2D eigenvalue weighted by Gasteiger charge is -2.30. The number of morpholine rings is 2. The van der Waals surface area contributed by atoms with Crippen LogP contribution in [0.3, 0.4) is 0 Å². The zero-order valence-corrected chi connectivity index (χ0v) is 16.5. The Kier molecular flexibility index (Phi) is 5.35. The standard InChI is InChI=1S/C19H26N8O2/c1-2-6-25(5-1)17-20-4-3-15(21-17)16-22-18(26-7-11-28-12-8-26)24-19(23-16)27-9-13-29-14-10-27/h3-4H,1-2,5-14H2. The molecule has 0 aromatic carbocycles. The Labute approximate surface area is 169 Å². The lowest BCUT2D eigenvalue weighted by atomic mass is 10.3. The Morgan fingerprint density at radius 2 is 1.17 bits per heavy atom. The molecule has 2 aromatic heterocycles. The molecule has 5 heterocycles. The summed E-state index contributed by atoms with van der Waals surface area (Å²) in [5.41, 5.74) is 0.730. The van der Waals surface area contributed by atoms with Crippen LogP contribution in [0.15, 0.2) is 12.3 Å². The maximum Gasteiger partial charge on any atom is 0.230 e. The van der Waals surface area contributed by atoms with Crippen LogP contribution in [-0.4, -0.2) is 90.6 Å². The molecule has 0 atom stereocenters. The number of nitrogens with zero attached hydrogens (tertiary/aromatic N) is 8. The van der Waals surface area contributed by atoms with Gasteiger partial charge in [0.2, 0.25) is 17.8 Å². The van der Waals surface area contributed by atoms with E-state index in [1.807, 2.05) is 6.07 Å². The molecule has 0 saturated carbocycles. The molecule has 154 valence electrons. The zero-order valence-electron chi connectivity index (χ0n) is 16.5. The summed E-state index contributed by atoms with van der Waals surface area (Å²) in [4.78, 5) is 30.1. The van der Waals surface area contributed by atoms with E-state index < -0.39 is 0 Å². The van der Waals surface area contributed by atoms with E-state index in [1.165, 1.54) is 12.8 Å². The number of aromatic nitrogens is 5. The van der Waals surface area contributed by atoms with Crippen molar-refractivity contribution in [1.82, 2.24) is 24.9 Å². The van der Waals surface area contributed by atoms with Crippen LogP contribution >= 0.6 is 0 Å². The molecule has 3 aliphatic heterocycles. The molecular formula is C19H26N8O2. The van der Waals surface area contributed by atoms with Gasteiger partial charge in [0.25, 0.3) is 0 Å². The predicted octanol–water partition coefficient (Wildman–Crippen LogP) is 0.602. The van der Waals surface area contributed by atoms with E-state index >= 15 is 0 Å². The van der Waals surface area contributed by atoms with Crippen LogP contribution in [0.1, 0.15) is 12.8 Å². The molecule has 3 aliphatic rings. The summed E-state index contributed by atoms with van der Waals surface area (Å²) in [5.74, 6) is 2.70. The van der Waals surface area contributed by atoms with Crippen molar-refractivity contribution in [3.05, 3.63) is 12.3 Å². The Morgan fingerprint density at radius 3 is 1.76 bits per heavy atom. The minimum atomic E-state index is 0.589. The highest BCUT2D eigenvalue weighted by Crippen LogP contribution is 2.23. The lowest BCUT2D eigenvalue weighted by molar-refractivity contribution is 0.121. The van der Waals surface area contributed by atoms with Crippen molar-refractivity contribution in [3.63, 3.8) is 0 Å². The van der Waals surface area contributed by atoms with E-state index in [0.29, 0.717) is 44.1 Å². The van der Waals surface area contributed by atoms with Crippen LogP contribution in [0.4, 0.5) is 17.8 Å². The van der Waals surface area contributed by atoms with Crippen molar-refractivity contribution >= 4 is 17.8 Å². The van der Waals surface area contributed by atoms with Gasteiger partial charge < -0.3 is 24.2 Å². The Morgan fingerprint density at radius 1 is 0.621 bits per heavy atom. The molecule has 0 spiro atoms. The fourth-order valence-electron chi connectivity index (χ4n) is 3.82. The summed E-state index contributed by atoms with van der Waals surface area (Å²) in [5, 5.41) is 0. The maximum atomic E-state index is 5.49. The summed E-state index contributed by atoms with van der Waals surface area (Å²) >= 11 is 0. The monoisotopic (exact) mass is 398 g/mol. The third-order valence-electron chi connectivity index (χ3n) is 5.46. The van der Waals surface area contributed by atoms with Crippen molar-refractivity contribution < 1.29 is 9.47 Å². The predicted molar refractivity (Wildman–Crippen MR) is 108 cm³/mol. The highest BCUT2D eigenvalue weighted by atomic mass is 16.5. The van der Waals surface area contributed by atoms with Gasteiger partial charge in [0.1, 0.15) is 5.69 Å². The van der Waals surface area contributed by atoms with Gasteiger partial charge in [-0.25, -0.2) is 9.97 Å². The van der Waals surface area contributed by atoms with Crippen molar-refractivity contribution in [2.45, 2.75) is 12.8 Å². The van der Waals surface area contributed by atoms with Crippen molar-refractivity contribution in [2.24, 2.45) is 0 Å². The second kappa shape index (κ2) is 8.42. The molecule has 0 aliphatic carbocycles. The van der Waals surface area contributed by atoms with Gasteiger partial charge in [0, 0.05) is 45.5 Å². The van der Waals surface area contributed by atoms with Gasteiger partial charge >= 0.3 is 0 Å². The molecule has 0 bridgehead atoms. The minimum Gasteiger partial charge on any atom is -0.378 e. The number of rotatable bonds is 4. The summed E-state index contributed by atoms with van der Waals surface area (Å²) in [7, 11) is 0. The fraction of sp³-hybridized carbons (Fsp3) is 0.632. The fourth-order valence-corrected chi connectivity index (χ4v) is 3.82. The molecule has 3 saturated heterocycles. The Balaban J connectivity index is 1.51. The zero-order chi connectivity index (χ0) is 19.5. The second-order valence-corrected chi connectivity index (χ2v) is 7.39.